The molecule has 0 aromatic carbocycles. The summed E-state index contributed by atoms with van der Waals surface area (Å²) in [5, 5.41) is 9.16. The van der Waals surface area contributed by atoms with Crippen molar-refractivity contribution in [3.63, 3.8) is 0 Å². The number of carbonyl (C=O) groups is 1. The molecule has 1 rings (SSSR count). The van der Waals surface area contributed by atoms with Gasteiger partial charge in [-0.3, -0.25) is 4.98 Å². The minimum atomic E-state index is -0.874. The van der Waals surface area contributed by atoms with Crippen LogP contribution in [0.4, 0.5) is 4.79 Å². The second-order valence-electron chi connectivity index (χ2n) is 5.13. The SMILES string of the molecule is CC(C)(C)N(CCSCc1ncccc1S)C(=O)O. The molecule has 1 aromatic rings. The molecule has 0 saturated carbocycles. The molecule has 0 saturated heterocycles. The zero-order valence-corrected chi connectivity index (χ0v) is 13.2. The van der Waals surface area contributed by atoms with Crippen LogP contribution < -0.4 is 0 Å². The summed E-state index contributed by atoms with van der Waals surface area (Å²) in [4.78, 5) is 17.7. The van der Waals surface area contributed by atoms with Crippen LogP contribution in [-0.4, -0.2) is 38.9 Å². The average molecular weight is 300 g/mol. The third-order valence-electron chi connectivity index (χ3n) is 2.60. The second-order valence-corrected chi connectivity index (χ2v) is 6.71. The van der Waals surface area contributed by atoms with Gasteiger partial charge in [0.1, 0.15) is 0 Å². The quantitative estimate of drug-likeness (QED) is 0.646. The molecule has 4 nitrogen and oxygen atoms in total. The highest BCUT2D eigenvalue weighted by Gasteiger charge is 2.25. The van der Waals surface area contributed by atoms with E-state index in [-0.39, 0.29) is 5.54 Å². The number of amides is 1. The van der Waals surface area contributed by atoms with Gasteiger partial charge >= 0.3 is 6.09 Å². The van der Waals surface area contributed by atoms with E-state index in [9.17, 15) is 4.79 Å². The van der Waals surface area contributed by atoms with E-state index in [4.69, 9.17) is 5.11 Å². The van der Waals surface area contributed by atoms with Crippen LogP contribution in [0.3, 0.4) is 0 Å². The van der Waals surface area contributed by atoms with Crippen molar-refractivity contribution in [2.45, 2.75) is 37.0 Å². The van der Waals surface area contributed by atoms with E-state index in [0.717, 1.165) is 22.1 Å². The molecule has 1 aromatic heterocycles. The van der Waals surface area contributed by atoms with E-state index < -0.39 is 6.09 Å². The van der Waals surface area contributed by atoms with Crippen LogP contribution >= 0.6 is 24.4 Å². The molecule has 0 spiro atoms. The molecule has 0 aliphatic carbocycles. The summed E-state index contributed by atoms with van der Waals surface area (Å²) >= 11 is 6.00. The van der Waals surface area contributed by atoms with Crippen LogP contribution in [-0.2, 0) is 5.75 Å². The monoisotopic (exact) mass is 300 g/mol. The lowest BCUT2D eigenvalue weighted by molar-refractivity contribution is 0.105. The molecule has 1 amide bonds. The lowest BCUT2D eigenvalue weighted by Gasteiger charge is -2.33. The van der Waals surface area contributed by atoms with Gasteiger partial charge in [0.2, 0.25) is 0 Å². The third-order valence-corrected chi connectivity index (χ3v) is 3.96. The van der Waals surface area contributed by atoms with Gasteiger partial charge in [-0.05, 0) is 32.9 Å². The number of pyridine rings is 1. The van der Waals surface area contributed by atoms with Crippen LogP contribution in [0.2, 0.25) is 0 Å². The van der Waals surface area contributed by atoms with Crippen molar-refractivity contribution in [1.82, 2.24) is 9.88 Å². The molecule has 0 aliphatic rings. The molecule has 106 valence electrons. The molecule has 0 radical (unpaired) electrons. The van der Waals surface area contributed by atoms with E-state index in [1.165, 1.54) is 4.90 Å². The maximum Gasteiger partial charge on any atom is 0.407 e. The first-order valence-corrected chi connectivity index (χ1v) is 7.63. The summed E-state index contributed by atoms with van der Waals surface area (Å²) in [7, 11) is 0. The fraction of sp³-hybridized carbons (Fsp3) is 0.538. The first-order chi connectivity index (χ1) is 8.82. The summed E-state index contributed by atoms with van der Waals surface area (Å²) in [6.45, 7) is 6.21. The average Bonchev–Trinajstić information content (AvgIpc) is 2.28. The van der Waals surface area contributed by atoms with Crippen LogP contribution in [0, 0.1) is 0 Å². The zero-order valence-electron chi connectivity index (χ0n) is 11.5. The zero-order chi connectivity index (χ0) is 14.5. The van der Waals surface area contributed by atoms with Gasteiger partial charge in [0.05, 0.1) is 5.69 Å². The van der Waals surface area contributed by atoms with E-state index in [2.05, 4.69) is 17.6 Å². The van der Waals surface area contributed by atoms with Gasteiger partial charge in [-0.25, -0.2) is 4.79 Å². The molecule has 0 atom stereocenters. The Labute approximate surface area is 124 Å². The number of hydrogen-bond acceptors (Lipinski definition) is 4. The van der Waals surface area contributed by atoms with Crippen molar-refractivity contribution in [3.8, 4) is 0 Å². The van der Waals surface area contributed by atoms with Crippen molar-refractivity contribution in [2.75, 3.05) is 12.3 Å². The minimum absolute atomic E-state index is 0.369. The summed E-state index contributed by atoms with van der Waals surface area (Å²) in [5.41, 5.74) is 0.569. The standard InChI is InChI=1S/C13H20N2O2S2/c1-13(2,3)15(12(16)17)7-8-19-9-10-11(18)5-4-6-14-10/h4-6,18H,7-9H2,1-3H3,(H,16,17). The van der Waals surface area contributed by atoms with Crippen LogP contribution in [0.1, 0.15) is 26.5 Å². The van der Waals surface area contributed by atoms with Gasteiger partial charge in [0.15, 0.2) is 0 Å². The Morgan fingerprint density at radius 3 is 2.74 bits per heavy atom. The number of hydrogen-bond donors (Lipinski definition) is 2. The number of aromatic nitrogens is 1. The largest absolute Gasteiger partial charge is 0.465 e. The van der Waals surface area contributed by atoms with Gasteiger partial charge in [-0.15, -0.1) is 12.6 Å². The lowest BCUT2D eigenvalue weighted by atomic mass is 10.1. The number of nitrogens with zero attached hydrogens (tertiary/aromatic N) is 2. The summed E-state index contributed by atoms with van der Waals surface area (Å²) < 4.78 is 0. The third kappa shape index (κ3) is 5.32. The van der Waals surface area contributed by atoms with E-state index in [1.807, 2.05) is 32.9 Å². The maximum absolute atomic E-state index is 11.2. The Morgan fingerprint density at radius 1 is 1.53 bits per heavy atom. The molecule has 0 bridgehead atoms. The van der Waals surface area contributed by atoms with Gasteiger partial charge in [0.25, 0.3) is 0 Å². The van der Waals surface area contributed by atoms with Gasteiger partial charge < -0.3 is 10.0 Å². The Morgan fingerprint density at radius 2 is 2.21 bits per heavy atom. The highest BCUT2D eigenvalue weighted by Crippen LogP contribution is 2.19. The van der Waals surface area contributed by atoms with Crippen LogP contribution in [0.5, 0.6) is 0 Å². The maximum atomic E-state index is 11.2. The van der Waals surface area contributed by atoms with E-state index >= 15 is 0 Å². The Kier molecular flexibility index (Phi) is 6.00. The Hall–Kier alpha value is -0.880. The highest BCUT2D eigenvalue weighted by atomic mass is 32.2. The molecular formula is C13H20N2O2S2. The normalized spacial score (nSPS) is 11.4. The fourth-order valence-corrected chi connectivity index (χ4v) is 2.79. The van der Waals surface area contributed by atoms with Gasteiger partial charge in [-0.1, -0.05) is 0 Å². The predicted octanol–water partition coefficient (Wildman–Crippen LogP) is 3.38. The summed E-state index contributed by atoms with van der Waals surface area (Å²) in [5.74, 6) is 1.49. The van der Waals surface area contributed by atoms with E-state index in [1.54, 1.807) is 18.0 Å². The molecular weight excluding hydrogens is 280 g/mol. The van der Waals surface area contributed by atoms with Crippen molar-refractivity contribution in [3.05, 3.63) is 24.0 Å². The molecule has 1 N–H and O–H groups in total. The van der Waals surface area contributed by atoms with Crippen molar-refractivity contribution < 1.29 is 9.90 Å². The number of thiol groups is 1. The first kappa shape index (κ1) is 16.2. The molecule has 1 heterocycles. The summed E-state index contributed by atoms with van der Waals surface area (Å²) in [6.07, 6.45) is 0.870. The van der Waals surface area contributed by atoms with Crippen LogP contribution in [0.25, 0.3) is 0 Å². The number of carboxylic acid groups (broad SMARTS) is 1. The van der Waals surface area contributed by atoms with Gasteiger partial charge in [-0.2, -0.15) is 11.8 Å². The fourth-order valence-electron chi connectivity index (χ4n) is 1.58. The molecule has 19 heavy (non-hydrogen) atoms. The number of rotatable bonds is 5. The smallest absolute Gasteiger partial charge is 0.407 e. The molecule has 0 unspecified atom stereocenters. The van der Waals surface area contributed by atoms with Crippen molar-refractivity contribution >= 4 is 30.5 Å². The Balaban J connectivity index is 2.42. The topological polar surface area (TPSA) is 53.4 Å². The second kappa shape index (κ2) is 7.05. The molecule has 6 heteroatoms. The predicted molar refractivity (Wildman–Crippen MR) is 82.1 cm³/mol. The van der Waals surface area contributed by atoms with E-state index in [0.29, 0.717) is 6.54 Å². The minimum Gasteiger partial charge on any atom is -0.465 e. The Bertz CT molecular complexity index is 433. The molecule has 0 aliphatic heterocycles. The van der Waals surface area contributed by atoms with Gasteiger partial charge in [0, 0.05) is 34.7 Å². The summed E-state index contributed by atoms with van der Waals surface area (Å²) in [6, 6.07) is 3.76. The van der Waals surface area contributed by atoms with Crippen molar-refractivity contribution in [1.29, 1.82) is 0 Å². The molecule has 0 fully saturated rings. The highest BCUT2D eigenvalue weighted by molar-refractivity contribution is 7.98. The first-order valence-electron chi connectivity index (χ1n) is 6.03. The number of thioether (sulfide) groups is 1. The van der Waals surface area contributed by atoms with Crippen LogP contribution in [0.15, 0.2) is 23.2 Å². The lowest BCUT2D eigenvalue weighted by Crippen LogP contribution is -2.46. The van der Waals surface area contributed by atoms with Crippen molar-refractivity contribution in [2.24, 2.45) is 0 Å².